The molecule has 2 aliphatic heterocycles. The lowest BCUT2D eigenvalue weighted by Crippen LogP contribution is -2.50. The van der Waals surface area contributed by atoms with Crippen molar-refractivity contribution in [3.63, 3.8) is 0 Å². The van der Waals surface area contributed by atoms with Gasteiger partial charge in [0, 0.05) is 19.1 Å². The number of likely N-dealkylation sites (tertiary alicyclic amines) is 1. The predicted molar refractivity (Wildman–Crippen MR) is 67.3 cm³/mol. The normalized spacial score (nSPS) is 29.4. The zero-order chi connectivity index (χ0) is 11.2. The summed E-state index contributed by atoms with van der Waals surface area (Å²) >= 11 is 0. The second-order valence-corrected chi connectivity index (χ2v) is 5.19. The van der Waals surface area contributed by atoms with Crippen molar-refractivity contribution in [3.8, 4) is 0 Å². The second-order valence-electron chi connectivity index (χ2n) is 5.19. The van der Waals surface area contributed by atoms with Gasteiger partial charge >= 0.3 is 0 Å². The molecule has 16 heavy (non-hydrogen) atoms. The summed E-state index contributed by atoms with van der Waals surface area (Å²) in [5.74, 6) is 0.926. The van der Waals surface area contributed by atoms with Gasteiger partial charge in [-0.2, -0.15) is 0 Å². The average Bonchev–Trinajstić information content (AvgIpc) is 2.31. The highest BCUT2D eigenvalue weighted by atomic mass is 15.4. The molecule has 0 amide bonds. The first-order valence-corrected chi connectivity index (χ1v) is 6.74. The van der Waals surface area contributed by atoms with Crippen molar-refractivity contribution in [1.82, 2.24) is 21.1 Å². The summed E-state index contributed by atoms with van der Waals surface area (Å²) in [6.45, 7) is 6.26. The lowest BCUT2D eigenvalue weighted by Gasteiger charge is -2.36. The van der Waals surface area contributed by atoms with E-state index in [0.29, 0.717) is 6.04 Å². The van der Waals surface area contributed by atoms with Crippen LogP contribution in [0.15, 0.2) is 0 Å². The highest BCUT2D eigenvalue weighted by Crippen LogP contribution is 2.17. The summed E-state index contributed by atoms with van der Waals surface area (Å²) in [5, 5.41) is 3.44. The van der Waals surface area contributed by atoms with Crippen LogP contribution in [0.1, 0.15) is 25.7 Å². The Kier molecular flexibility index (Phi) is 5.03. The zero-order valence-corrected chi connectivity index (χ0v) is 10.5. The lowest BCUT2D eigenvalue weighted by atomic mass is 9.96. The van der Waals surface area contributed by atoms with Crippen LogP contribution in [0.3, 0.4) is 0 Å². The van der Waals surface area contributed by atoms with Gasteiger partial charge in [-0.15, -0.1) is 0 Å². The lowest BCUT2D eigenvalue weighted by molar-refractivity contribution is 0.148. The number of hydrogen-bond acceptors (Lipinski definition) is 4. The van der Waals surface area contributed by atoms with Crippen LogP contribution in [0.25, 0.3) is 0 Å². The first-order chi connectivity index (χ1) is 7.88. The van der Waals surface area contributed by atoms with E-state index >= 15 is 0 Å². The van der Waals surface area contributed by atoms with Crippen LogP contribution in [0.2, 0.25) is 0 Å². The summed E-state index contributed by atoms with van der Waals surface area (Å²) in [6.07, 6.45) is 5.37. The molecule has 2 aliphatic rings. The highest BCUT2D eigenvalue weighted by molar-refractivity contribution is 4.80. The Morgan fingerprint density at radius 3 is 2.81 bits per heavy atom. The van der Waals surface area contributed by atoms with Gasteiger partial charge in [-0.1, -0.05) is 0 Å². The van der Waals surface area contributed by atoms with Crippen molar-refractivity contribution in [2.24, 2.45) is 5.92 Å². The zero-order valence-electron chi connectivity index (χ0n) is 10.5. The van der Waals surface area contributed by atoms with Crippen molar-refractivity contribution >= 4 is 0 Å². The largest absolute Gasteiger partial charge is 0.317 e. The fourth-order valence-corrected chi connectivity index (χ4v) is 2.97. The van der Waals surface area contributed by atoms with E-state index in [1.807, 2.05) is 7.05 Å². The Morgan fingerprint density at radius 1 is 1.25 bits per heavy atom. The third-order valence-electron chi connectivity index (χ3n) is 3.83. The monoisotopic (exact) mass is 226 g/mol. The molecule has 0 aromatic heterocycles. The SMILES string of the molecule is CNNC1CCCN(CC2CCNCC2)C1. The molecule has 2 rings (SSSR count). The van der Waals surface area contributed by atoms with Gasteiger partial charge in [0.05, 0.1) is 0 Å². The first-order valence-electron chi connectivity index (χ1n) is 6.74. The van der Waals surface area contributed by atoms with Gasteiger partial charge in [0.2, 0.25) is 0 Å². The molecule has 0 saturated carbocycles. The number of nitrogens with one attached hydrogen (secondary N) is 3. The molecule has 0 aromatic carbocycles. The third-order valence-corrected chi connectivity index (χ3v) is 3.83. The van der Waals surface area contributed by atoms with Crippen LogP contribution in [0, 0.1) is 5.92 Å². The maximum absolute atomic E-state index is 3.44. The Morgan fingerprint density at radius 2 is 2.06 bits per heavy atom. The first kappa shape index (κ1) is 12.3. The number of nitrogens with zero attached hydrogens (tertiary/aromatic N) is 1. The molecule has 0 radical (unpaired) electrons. The van der Waals surface area contributed by atoms with E-state index in [0.717, 1.165) is 5.92 Å². The molecule has 0 bridgehead atoms. The molecule has 4 nitrogen and oxygen atoms in total. The Bertz CT molecular complexity index is 189. The van der Waals surface area contributed by atoms with Gasteiger partial charge < -0.3 is 10.2 Å². The number of rotatable bonds is 4. The van der Waals surface area contributed by atoms with E-state index in [4.69, 9.17) is 0 Å². The average molecular weight is 226 g/mol. The summed E-state index contributed by atoms with van der Waals surface area (Å²) in [6, 6.07) is 0.639. The van der Waals surface area contributed by atoms with Crippen LogP contribution < -0.4 is 16.2 Å². The third kappa shape index (κ3) is 3.70. The highest BCUT2D eigenvalue weighted by Gasteiger charge is 2.22. The second kappa shape index (κ2) is 6.55. The Hall–Kier alpha value is -0.160. The molecular weight excluding hydrogens is 200 g/mol. The molecular formula is C12H26N4. The van der Waals surface area contributed by atoms with Gasteiger partial charge in [0.15, 0.2) is 0 Å². The Labute approximate surface area is 99.1 Å². The number of piperidine rings is 2. The summed E-state index contributed by atoms with van der Waals surface area (Å²) < 4.78 is 0. The molecule has 2 fully saturated rings. The minimum atomic E-state index is 0.639. The van der Waals surface area contributed by atoms with Crippen LogP contribution in [-0.4, -0.2) is 50.7 Å². The van der Waals surface area contributed by atoms with E-state index in [1.165, 1.54) is 58.4 Å². The molecule has 1 unspecified atom stereocenters. The fraction of sp³-hybridized carbons (Fsp3) is 1.00. The van der Waals surface area contributed by atoms with E-state index in [2.05, 4.69) is 21.1 Å². The van der Waals surface area contributed by atoms with E-state index in [9.17, 15) is 0 Å². The van der Waals surface area contributed by atoms with E-state index in [-0.39, 0.29) is 0 Å². The standard InChI is InChI=1S/C12H26N4/c1-13-15-12-3-2-8-16(10-12)9-11-4-6-14-7-5-11/h11-15H,2-10H2,1H3. The molecule has 0 aromatic rings. The number of hydrogen-bond donors (Lipinski definition) is 3. The van der Waals surface area contributed by atoms with Crippen molar-refractivity contribution in [2.75, 3.05) is 39.8 Å². The Balaban J connectivity index is 1.71. The maximum atomic E-state index is 3.44. The van der Waals surface area contributed by atoms with Gasteiger partial charge in [0.1, 0.15) is 0 Å². The maximum Gasteiger partial charge on any atom is 0.0340 e. The fourth-order valence-electron chi connectivity index (χ4n) is 2.97. The van der Waals surface area contributed by atoms with Crippen molar-refractivity contribution in [3.05, 3.63) is 0 Å². The summed E-state index contributed by atoms with van der Waals surface area (Å²) in [5.41, 5.74) is 6.42. The van der Waals surface area contributed by atoms with E-state index in [1.54, 1.807) is 0 Å². The molecule has 1 atom stereocenters. The molecule has 2 saturated heterocycles. The minimum Gasteiger partial charge on any atom is -0.317 e. The van der Waals surface area contributed by atoms with E-state index < -0.39 is 0 Å². The molecule has 3 N–H and O–H groups in total. The van der Waals surface area contributed by atoms with Gasteiger partial charge in [-0.05, 0) is 58.3 Å². The van der Waals surface area contributed by atoms with Crippen molar-refractivity contribution in [2.45, 2.75) is 31.7 Å². The molecule has 2 heterocycles. The van der Waals surface area contributed by atoms with Gasteiger partial charge in [-0.3, -0.25) is 10.9 Å². The quantitative estimate of drug-likeness (QED) is 0.598. The molecule has 0 aliphatic carbocycles. The molecule has 94 valence electrons. The van der Waals surface area contributed by atoms with Crippen molar-refractivity contribution in [1.29, 1.82) is 0 Å². The summed E-state index contributed by atoms with van der Waals surface area (Å²) in [7, 11) is 1.96. The van der Waals surface area contributed by atoms with Crippen molar-refractivity contribution < 1.29 is 0 Å². The van der Waals surface area contributed by atoms with Gasteiger partial charge in [0.25, 0.3) is 0 Å². The summed E-state index contributed by atoms with van der Waals surface area (Å²) in [4.78, 5) is 2.65. The van der Waals surface area contributed by atoms with Crippen LogP contribution in [0.4, 0.5) is 0 Å². The van der Waals surface area contributed by atoms with Crippen LogP contribution >= 0.6 is 0 Å². The topological polar surface area (TPSA) is 39.3 Å². The smallest absolute Gasteiger partial charge is 0.0340 e. The minimum absolute atomic E-state index is 0.639. The van der Waals surface area contributed by atoms with Gasteiger partial charge in [-0.25, -0.2) is 0 Å². The van der Waals surface area contributed by atoms with Crippen LogP contribution in [-0.2, 0) is 0 Å². The molecule has 0 spiro atoms. The number of hydrazine groups is 1. The molecule has 4 heteroatoms. The van der Waals surface area contributed by atoms with Crippen LogP contribution in [0.5, 0.6) is 0 Å². The predicted octanol–water partition coefficient (Wildman–Crippen LogP) is 0.174.